The van der Waals surface area contributed by atoms with Crippen LogP contribution in [0.3, 0.4) is 0 Å². The Labute approximate surface area is 151 Å². The van der Waals surface area contributed by atoms with Crippen LogP contribution in [0.4, 0.5) is 5.69 Å². The van der Waals surface area contributed by atoms with Crippen molar-refractivity contribution in [1.82, 2.24) is 5.32 Å². The number of nitrogens with two attached hydrogens (primary N) is 1. The summed E-state index contributed by atoms with van der Waals surface area (Å²) in [4.78, 5) is 12.4. The van der Waals surface area contributed by atoms with Gasteiger partial charge in [0.2, 0.25) is 5.91 Å². The van der Waals surface area contributed by atoms with Crippen LogP contribution in [0.2, 0.25) is 0 Å². The summed E-state index contributed by atoms with van der Waals surface area (Å²) >= 11 is 0. The highest BCUT2D eigenvalue weighted by molar-refractivity contribution is 5.85. The van der Waals surface area contributed by atoms with Crippen molar-refractivity contribution in [2.75, 3.05) is 5.73 Å². The first-order chi connectivity index (χ1) is 10.9. The second kappa shape index (κ2) is 8.74. The zero-order valence-corrected chi connectivity index (χ0v) is 15.4. The van der Waals surface area contributed by atoms with Gasteiger partial charge in [-0.05, 0) is 29.7 Å². The van der Waals surface area contributed by atoms with Gasteiger partial charge in [-0.2, -0.15) is 0 Å². The number of benzene rings is 2. The molecule has 1 unspecified atom stereocenters. The molecule has 24 heavy (non-hydrogen) atoms. The van der Waals surface area contributed by atoms with Gasteiger partial charge >= 0.3 is 0 Å². The Balaban J connectivity index is 0.00000288. The predicted molar refractivity (Wildman–Crippen MR) is 103 cm³/mol. The Kier molecular flexibility index (Phi) is 7.30. The van der Waals surface area contributed by atoms with Crippen molar-refractivity contribution >= 4 is 24.0 Å². The summed E-state index contributed by atoms with van der Waals surface area (Å²) in [5.41, 5.74) is 8.49. The minimum atomic E-state index is -0.118. The van der Waals surface area contributed by atoms with Gasteiger partial charge in [-0.25, -0.2) is 0 Å². The van der Waals surface area contributed by atoms with Crippen LogP contribution in [0, 0.1) is 0 Å². The third kappa shape index (κ3) is 5.00. The van der Waals surface area contributed by atoms with Gasteiger partial charge in [0.25, 0.3) is 0 Å². The number of nitrogens with one attached hydrogen (secondary N) is 1. The van der Waals surface area contributed by atoms with Crippen LogP contribution in [-0.2, 0) is 16.6 Å². The lowest BCUT2D eigenvalue weighted by Gasteiger charge is -2.35. The molecule has 1 amide bonds. The number of anilines is 1. The average molecular weight is 347 g/mol. The third-order valence-corrected chi connectivity index (χ3v) is 4.48. The van der Waals surface area contributed by atoms with Crippen LogP contribution < -0.4 is 11.1 Å². The fourth-order valence-electron chi connectivity index (χ4n) is 2.93. The molecule has 3 nitrogen and oxygen atoms in total. The molecule has 0 bridgehead atoms. The van der Waals surface area contributed by atoms with Gasteiger partial charge in [0.15, 0.2) is 0 Å². The lowest BCUT2D eigenvalue weighted by atomic mass is 9.76. The molecule has 0 aliphatic carbocycles. The molecule has 2 rings (SSSR count). The Morgan fingerprint density at radius 3 is 2.21 bits per heavy atom. The summed E-state index contributed by atoms with van der Waals surface area (Å²) in [7, 11) is 0. The van der Waals surface area contributed by atoms with E-state index in [4.69, 9.17) is 5.73 Å². The maximum atomic E-state index is 12.4. The summed E-state index contributed by atoms with van der Waals surface area (Å²) in [6.45, 7) is 6.47. The SMILES string of the molecule is CCC(NC(=O)Cc1ccc(N)cc1)C(C)(C)c1ccccc1.Cl. The molecular weight excluding hydrogens is 320 g/mol. The van der Waals surface area contributed by atoms with E-state index in [1.807, 2.05) is 42.5 Å². The first-order valence-corrected chi connectivity index (χ1v) is 8.12. The van der Waals surface area contributed by atoms with E-state index in [2.05, 4.69) is 38.2 Å². The summed E-state index contributed by atoms with van der Waals surface area (Å²) in [6.07, 6.45) is 1.26. The Bertz CT molecular complexity index is 638. The standard InChI is InChI=1S/C20H26N2O.ClH/c1-4-18(20(2,3)16-8-6-5-7-9-16)22-19(23)14-15-10-12-17(21)13-11-15;/h5-13,18H,4,14,21H2,1-3H3,(H,22,23);1H. The van der Waals surface area contributed by atoms with Gasteiger partial charge in [0.1, 0.15) is 0 Å². The fraction of sp³-hybridized carbons (Fsp3) is 0.350. The fourth-order valence-corrected chi connectivity index (χ4v) is 2.93. The van der Waals surface area contributed by atoms with Crippen molar-refractivity contribution in [1.29, 1.82) is 0 Å². The van der Waals surface area contributed by atoms with E-state index in [9.17, 15) is 4.79 Å². The molecule has 0 spiro atoms. The first-order valence-electron chi connectivity index (χ1n) is 8.12. The second-order valence-electron chi connectivity index (χ2n) is 6.53. The van der Waals surface area contributed by atoms with Crippen LogP contribution in [0.15, 0.2) is 54.6 Å². The van der Waals surface area contributed by atoms with Crippen molar-refractivity contribution in [3.8, 4) is 0 Å². The van der Waals surface area contributed by atoms with Gasteiger partial charge in [0, 0.05) is 17.1 Å². The number of carbonyl (C=O) groups is 1. The van der Waals surface area contributed by atoms with E-state index in [1.165, 1.54) is 5.56 Å². The normalized spacial score (nSPS) is 12.1. The predicted octanol–water partition coefficient (Wildman–Crippen LogP) is 4.11. The van der Waals surface area contributed by atoms with E-state index >= 15 is 0 Å². The molecule has 130 valence electrons. The third-order valence-electron chi connectivity index (χ3n) is 4.48. The molecule has 0 aromatic heterocycles. The molecule has 0 saturated carbocycles. The number of hydrogen-bond acceptors (Lipinski definition) is 2. The topological polar surface area (TPSA) is 55.1 Å². The summed E-state index contributed by atoms with van der Waals surface area (Å²) in [6, 6.07) is 17.9. The van der Waals surface area contributed by atoms with Gasteiger partial charge in [0.05, 0.1) is 6.42 Å². The molecule has 4 heteroatoms. The molecule has 0 aliphatic rings. The average Bonchev–Trinajstić information content (AvgIpc) is 2.55. The Hall–Kier alpha value is -2.00. The molecule has 1 atom stereocenters. The van der Waals surface area contributed by atoms with Crippen LogP contribution in [0.25, 0.3) is 0 Å². The van der Waals surface area contributed by atoms with Crippen molar-refractivity contribution in [2.24, 2.45) is 0 Å². The zero-order valence-electron chi connectivity index (χ0n) is 14.6. The number of rotatable bonds is 6. The summed E-state index contributed by atoms with van der Waals surface area (Å²) in [5.74, 6) is 0.0469. The highest BCUT2D eigenvalue weighted by Gasteiger charge is 2.31. The summed E-state index contributed by atoms with van der Waals surface area (Å²) < 4.78 is 0. The smallest absolute Gasteiger partial charge is 0.224 e. The second-order valence-corrected chi connectivity index (χ2v) is 6.53. The van der Waals surface area contributed by atoms with Gasteiger partial charge in [-0.3, -0.25) is 4.79 Å². The minimum absolute atomic E-state index is 0. The van der Waals surface area contributed by atoms with E-state index in [1.54, 1.807) is 0 Å². The molecule has 0 aliphatic heterocycles. The Morgan fingerprint density at radius 1 is 1.08 bits per heavy atom. The van der Waals surface area contributed by atoms with Crippen molar-refractivity contribution in [3.05, 3.63) is 65.7 Å². The van der Waals surface area contributed by atoms with E-state index in [0.29, 0.717) is 12.1 Å². The number of nitrogen functional groups attached to an aromatic ring is 1. The number of halogens is 1. The molecule has 0 fully saturated rings. The number of amides is 1. The molecule has 0 heterocycles. The number of hydrogen-bond donors (Lipinski definition) is 2. The summed E-state index contributed by atoms with van der Waals surface area (Å²) in [5, 5.41) is 3.20. The lowest BCUT2D eigenvalue weighted by molar-refractivity contribution is -0.121. The maximum Gasteiger partial charge on any atom is 0.224 e. The van der Waals surface area contributed by atoms with Crippen molar-refractivity contribution < 1.29 is 4.79 Å². The molecular formula is C20H27ClN2O. The zero-order chi connectivity index (χ0) is 16.9. The first kappa shape index (κ1) is 20.0. The van der Waals surface area contributed by atoms with E-state index in [-0.39, 0.29) is 29.8 Å². The monoisotopic (exact) mass is 346 g/mol. The highest BCUT2D eigenvalue weighted by Crippen LogP contribution is 2.28. The molecule has 0 saturated heterocycles. The molecule has 2 aromatic rings. The van der Waals surface area contributed by atoms with Gasteiger partial charge < -0.3 is 11.1 Å². The van der Waals surface area contributed by atoms with E-state index in [0.717, 1.165) is 12.0 Å². The molecule has 0 radical (unpaired) electrons. The van der Waals surface area contributed by atoms with Crippen LogP contribution in [-0.4, -0.2) is 11.9 Å². The van der Waals surface area contributed by atoms with Gasteiger partial charge in [-0.1, -0.05) is 63.2 Å². The largest absolute Gasteiger partial charge is 0.399 e. The number of carbonyl (C=O) groups excluding carboxylic acids is 1. The Morgan fingerprint density at radius 2 is 1.67 bits per heavy atom. The lowest BCUT2D eigenvalue weighted by Crippen LogP contribution is -2.47. The minimum Gasteiger partial charge on any atom is -0.399 e. The van der Waals surface area contributed by atoms with Crippen LogP contribution in [0.5, 0.6) is 0 Å². The van der Waals surface area contributed by atoms with Crippen LogP contribution >= 0.6 is 12.4 Å². The highest BCUT2D eigenvalue weighted by atomic mass is 35.5. The van der Waals surface area contributed by atoms with Crippen LogP contribution in [0.1, 0.15) is 38.3 Å². The van der Waals surface area contributed by atoms with E-state index < -0.39 is 0 Å². The van der Waals surface area contributed by atoms with Crippen molar-refractivity contribution in [2.45, 2.75) is 45.1 Å². The van der Waals surface area contributed by atoms with Gasteiger partial charge in [-0.15, -0.1) is 12.4 Å². The maximum absolute atomic E-state index is 12.4. The quantitative estimate of drug-likeness (QED) is 0.773. The molecule has 3 N–H and O–H groups in total. The molecule has 2 aromatic carbocycles. The van der Waals surface area contributed by atoms with Crippen molar-refractivity contribution in [3.63, 3.8) is 0 Å².